The predicted octanol–water partition coefficient (Wildman–Crippen LogP) is 4.70. The minimum atomic E-state index is -1.79. The second kappa shape index (κ2) is 16.6. The zero-order chi connectivity index (χ0) is 38.2. The van der Waals surface area contributed by atoms with E-state index in [2.05, 4.69) is 4.90 Å². The molecule has 0 aromatic rings. The van der Waals surface area contributed by atoms with E-state index in [0.29, 0.717) is 44.3 Å². The van der Waals surface area contributed by atoms with Gasteiger partial charge in [0.25, 0.3) is 0 Å². The average Bonchev–Trinajstić information content (AvgIpc) is 3.38. The minimum Gasteiger partial charge on any atom is -0.489 e. The number of fused-ring (bicyclic) bond motifs is 2. The predicted molar refractivity (Wildman–Crippen MR) is 191 cm³/mol. The number of hydrogen-bond acceptors (Lipinski definition) is 12. The van der Waals surface area contributed by atoms with Gasteiger partial charge in [-0.05, 0) is 80.5 Å². The van der Waals surface area contributed by atoms with Gasteiger partial charge in [0.15, 0.2) is 12.6 Å². The number of carbonyl (C=O) groups is 1. The van der Waals surface area contributed by atoms with Gasteiger partial charge in [0.2, 0.25) is 0 Å². The fraction of sp³-hybridized carbons (Fsp3) is 0.923. The van der Waals surface area contributed by atoms with Crippen molar-refractivity contribution in [3.05, 3.63) is 11.3 Å². The first kappa shape index (κ1) is 42.4. The Kier molecular flexibility index (Phi) is 13.8. The Hall–Kier alpha value is -1.35. The van der Waals surface area contributed by atoms with Crippen LogP contribution in [-0.2, 0) is 38.0 Å². The van der Waals surface area contributed by atoms with E-state index in [4.69, 9.17) is 33.2 Å². The molecule has 51 heavy (non-hydrogen) atoms. The van der Waals surface area contributed by atoms with Crippen molar-refractivity contribution in [3.8, 4) is 0 Å². The molecule has 12 nitrogen and oxygen atoms in total. The molecule has 0 spiro atoms. The molecule has 0 aromatic heterocycles. The van der Waals surface area contributed by atoms with Gasteiger partial charge in [0.1, 0.15) is 35.3 Å². The van der Waals surface area contributed by atoms with Crippen molar-refractivity contribution in [2.45, 2.75) is 193 Å². The van der Waals surface area contributed by atoms with Gasteiger partial charge in [-0.25, -0.2) is 0 Å². The van der Waals surface area contributed by atoms with Crippen molar-refractivity contribution in [1.82, 2.24) is 4.90 Å². The summed E-state index contributed by atoms with van der Waals surface area (Å²) < 4.78 is 45.4. The van der Waals surface area contributed by atoms with Crippen LogP contribution in [0.3, 0.4) is 0 Å². The Morgan fingerprint density at radius 3 is 2.24 bits per heavy atom. The van der Waals surface area contributed by atoms with Crippen molar-refractivity contribution < 1.29 is 53.3 Å². The largest absolute Gasteiger partial charge is 0.489 e. The van der Waals surface area contributed by atoms with Gasteiger partial charge in [-0.15, -0.1) is 0 Å². The summed E-state index contributed by atoms with van der Waals surface area (Å²) in [6.07, 6.45) is -3.76. The molecule has 3 unspecified atom stereocenters. The molecule has 0 radical (unpaired) electrons. The van der Waals surface area contributed by atoms with Gasteiger partial charge in [-0.3, -0.25) is 4.79 Å². The van der Waals surface area contributed by atoms with Crippen LogP contribution < -0.4 is 0 Å². The third-order valence-corrected chi connectivity index (χ3v) is 12.3. The van der Waals surface area contributed by atoms with Crippen LogP contribution in [0.5, 0.6) is 0 Å². The molecule has 0 amide bonds. The first-order valence-corrected chi connectivity index (χ1v) is 19.3. The maximum Gasteiger partial charge on any atom is 0.311 e. The highest BCUT2D eigenvalue weighted by molar-refractivity contribution is 5.73. The summed E-state index contributed by atoms with van der Waals surface area (Å²) in [5.41, 5.74) is -2.41. The minimum absolute atomic E-state index is 0.162. The lowest BCUT2D eigenvalue weighted by atomic mass is 9.78. The van der Waals surface area contributed by atoms with Crippen molar-refractivity contribution in [1.29, 1.82) is 0 Å². The van der Waals surface area contributed by atoms with E-state index in [1.165, 1.54) is 6.92 Å². The number of aliphatic hydroxyl groups is 3. The van der Waals surface area contributed by atoms with Crippen LogP contribution in [-0.4, -0.2) is 125 Å². The second-order valence-electron chi connectivity index (χ2n) is 16.8. The number of rotatable bonds is 9. The van der Waals surface area contributed by atoms with Crippen LogP contribution in [0, 0.1) is 17.8 Å². The maximum absolute atomic E-state index is 14.2. The number of methoxy groups -OCH3 is 1. The monoisotopic (exact) mass is 727 g/mol. The van der Waals surface area contributed by atoms with Crippen LogP contribution >= 0.6 is 0 Å². The van der Waals surface area contributed by atoms with E-state index in [-0.39, 0.29) is 18.2 Å². The second-order valence-corrected chi connectivity index (χ2v) is 16.8. The first-order valence-electron chi connectivity index (χ1n) is 19.3. The van der Waals surface area contributed by atoms with Gasteiger partial charge >= 0.3 is 5.97 Å². The summed E-state index contributed by atoms with van der Waals surface area (Å²) in [6.45, 7) is 21.7. The average molecular weight is 728 g/mol. The molecular weight excluding hydrogens is 658 g/mol. The zero-order valence-corrected chi connectivity index (χ0v) is 33.5. The topological polar surface area (TPSA) is 146 Å². The Bertz CT molecular complexity index is 1210. The molecule has 4 aliphatic heterocycles. The van der Waals surface area contributed by atoms with E-state index in [0.717, 1.165) is 12.1 Å². The highest BCUT2D eigenvalue weighted by Gasteiger charge is 2.55. The number of cyclic esters (lactones) is 1. The lowest BCUT2D eigenvalue weighted by Crippen LogP contribution is -2.59. The van der Waals surface area contributed by atoms with Gasteiger partial charge in [0.05, 0.1) is 35.9 Å². The van der Waals surface area contributed by atoms with E-state index >= 15 is 0 Å². The summed E-state index contributed by atoms with van der Waals surface area (Å²) in [4.78, 5) is 16.3. The summed E-state index contributed by atoms with van der Waals surface area (Å²) in [5.74, 6) is -2.05. The maximum atomic E-state index is 14.2. The third kappa shape index (κ3) is 8.97. The molecule has 4 aliphatic rings. The Labute approximate surface area is 306 Å². The number of nitrogens with zero attached hydrogens (tertiary/aromatic N) is 1. The van der Waals surface area contributed by atoms with Crippen LogP contribution in [0.1, 0.15) is 115 Å². The normalized spacial score (nSPS) is 47.3. The van der Waals surface area contributed by atoms with E-state index < -0.39 is 83.6 Å². The molecule has 3 N–H and O–H groups in total. The molecule has 3 saturated heterocycles. The molecule has 0 saturated carbocycles. The molecule has 12 heteroatoms. The number of hydrogen-bond donors (Lipinski definition) is 3. The standard InChI is InChI=1S/C39H69NO11/c1-14-16-28-39(11,44)33(42)24(6)31-21(3)18-38(10,51-31)34(50-36-30(41)27(40(12)15-2)17-22(4)47-36)25(7)32(26(8)35(43)48-28)49-29-20-37(9,45-13)19-23(5)46-29/h22-30,32-34,36,41-42,44H,14-20H2,1-13H3/t22-,23+,24-,25+,26-,27+,28?,29?,30-,32+,33-,34-,36?,37+,38-,39-/m1/s1. The zero-order valence-electron chi connectivity index (χ0n) is 33.5. The van der Waals surface area contributed by atoms with Crippen molar-refractivity contribution in [2.75, 3.05) is 20.7 Å². The van der Waals surface area contributed by atoms with Crippen molar-refractivity contribution in [2.24, 2.45) is 17.8 Å². The van der Waals surface area contributed by atoms with Crippen LogP contribution in [0.25, 0.3) is 0 Å². The van der Waals surface area contributed by atoms with Crippen molar-refractivity contribution in [3.63, 3.8) is 0 Å². The Morgan fingerprint density at radius 1 is 0.961 bits per heavy atom. The van der Waals surface area contributed by atoms with E-state index in [1.807, 2.05) is 69.4 Å². The summed E-state index contributed by atoms with van der Waals surface area (Å²) in [6, 6.07) is -0.195. The molecule has 2 bridgehead atoms. The Balaban J connectivity index is 1.84. The van der Waals surface area contributed by atoms with Gasteiger partial charge in [-0.2, -0.15) is 0 Å². The molecule has 0 aliphatic carbocycles. The quantitative estimate of drug-likeness (QED) is 0.283. The summed E-state index contributed by atoms with van der Waals surface area (Å²) in [5, 5.41) is 35.4. The summed E-state index contributed by atoms with van der Waals surface area (Å²) >= 11 is 0. The smallest absolute Gasteiger partial charge is 0.311 e. The number of ether oxygens (including phenoxy) is 7. The lowest BCUT2D eigenvalue weighted by molar-refractivity contribution is -0.309. The van der Waals surface area contributed by atoms with E-state index in [1.54, 1.807) is 14.0 Å². The molecule has 3 fully saturated rings. The molecule has 4 heterocycles. The number of likely N-dealkylation sites (N-methyl/N-ethyl adjacent to an activating group) is 1. The van der Waals surface area contributed by atoms with Gasteiger partial charge < -0.3 is 53.4 Å². The molecule has 4 rings (SSSR count). The summed E-state index contributed by atoms with van der Waals surface area (Å²) in [7, 11) is 3.66. The highest BCUT2D eigenvalue weighted by atomic mass is 16.7. The van der Waals surface area contributed by atoms with Gasteiger partial charge in [0, 0.05) is 44.2 Å². The van der Waals surface area contributed by atoms with E-state index in [9.17, 15) is 20.1 Å². The van der Waals surface area contributed by atoms with Crippen molar-refractivity contribution >= 4 is 5.97 Å². The molecular formula is C39H69NO11. The van der Waals surface area contributed by atoms with Crippen LogP contribution in [0.2, 0.25) is 0 Å². The molecule has 16 atom stereocenters. The fourth-order valence-electron chi connectivity index (χ4n) is 9.06. The SMILES string of the molecule is CCCC1OC(=O)[C@H](C)[C@@H](OC2C[C@@](C)(OC)C[C@H](C)O2)[C@H](C)[C@@H](OC2O[C@H](C)C[C@H](N(C)CC)[C@H]2O)[C@@]2(C)CC(C)=C(O2)[C@@H](C)[C@@H](O)[C@]1(C)O. The van der Waals surface area contributed by atoms with Gasteiger partial charge in [-0.1, -0.05) is 34.1 Å². The highest BCUT2D eigenvalue weighted by Crippen LogP contribution is 2.47. The first-order chi connectivity index (χ1) is 23.7. The van der Waals surface area contributed by atoms with Crippen LogP contribution in [0.15, 0.2) is 11.3 Å². The lowest BCUT2D eigenvalue weighted by Gasteiger charge is -2.48. The molecule has 0 aromatic carbocycles. The third-order valence-electron chi connectivity index (χ3n) is 12.3. The molecule has 296 valence electrons. The Morgan fingerprint density at radius 2 is 1.63 bits per heavy atom. The fourth-order valence-corrected chi connectivity index (χ4v) is 9.06. The number of aliphatic hydroxyl groups excluding tert-OH is 2. The number of carbonyl (C=O) groups excluding carboxylic acids is 1. The number of esters is 1. The van der Waals surface area contributed by atoms with Crippen LogP contribution in [0.4, 0.5) is 0 Å².